The van der Waals surface area contributed by atoms with E-state index in [2.05, 4.69) is 15.4 Å². The number of aromatic nitrogens is 3. The maximum absolute atomic E-state index is 11.5. The van der Waals surface area contributed by atoms with Crippen molar-refractivity contribution in [2.24, 2.45) is 0 Å². The van der Waals surface area contributed by atoms with Crippen molar-refractivity contribution in [3.63, 3.8) is 0 Å². The van der Waals surface area contributed by atoms with Crippen molar-refractivity contribution in [1.82, 2.24) is 19.9 Å². The normalized spacial score (nSPS) is 12.0. The van der Waals surface area contributed by atoms with Gasteiger partial charge in [0.25, 0.3) is 0 Å². The standard InChI is InChI=1S/C15H19ClN4O2/c1-15(2,3)22-14(21)17-8-5-4-6-11-10-18-20-9-7-12(16)19-13(11)20/h4,6-7,9-10H,5,8H2,1-3H3,(H,17,21). The van der Waals surface area contributed by atoms with Gasteiger partial charge in [-0.05, 0) is 33.3 Å². The Kier molecular flexibility index (Phi) is 5.03. The smallest absolute Gasteiger partial charge is 0.407 e. The van der Waals surface area contributed by atoms with E-state index in [1.165, 1.54) is 0 Å². The molecule has 6 nitrogen and oxygen atoms in total. The van der Waals surface area contributed by atoms with Crippen molar-refractivity contribution in [2.75, 3.05) is 6.54 Å². The zero-order valence-electron chi connectivity index (χ0n) is 12.8. The monoisotopic (exact) mass is 322 g/mol. The number of nitrogens with one attached hydrogen (secondary N) is 1. The fourth-order valence-corrected chi connectivity index (χ4v) is 1.90. The third-order valence-electron chi connectivity index (χ3n) is 2.64. The van der Waals surface area contributed by atoms with Gasteiger partial charge >= 0.3 is 6.09 Å². The lowest BCUT2D eigenvalue weighted by molar-refractivity contribution is 0.0529. The van der Waals surface area contributed by atoms with E-state index in [4.69, 9.17) is 16.3 Å². The third-order valence-corrected chi connectivity index (χ3v) is 2.85. The number of nitrogens with zero attached hydrogens (tertiary/aromatic N) is 3. The Hall–Kier alpha value is -2.08. The highest BCUT2D eigenvalue weighted by atomic mass is 35.5. The van der Waals surface area contributed by atoms with Gasteiger partial charge < -0.3 is 10.1 Å². The van der Waals surface area contributed by atoms with Gasteiger partial charge in [-0.15, -0.1) is 0 Å². The van der Waals surface area contributed by atoms with Crippen LogP contribution in [0.1, 0.15) is 32.8 Å². The van der Waals surface area contributed by atoms with Crippen molar-refractivity contribution in [3.8, 4) is 0 Å². The molecular weight excluding hydrogens is 304 g/mol. The predicted molar refractivity (Wildman–Crippen MR) is 85.9 cm³/mol. The summed E-state index contributed by atoms with van der Waals surface area (Å²) in [6.45, 7) is 5.99. The van der Waals surface area contributed by atoms with E-state index < -0.39 is 11.7 Å². The van der Waals surface area contributed by atoms with E-state index in [0.717, 1.165) is 5.56 Å². The second-order valence-electron chi connectivity index (χ2n) is 5.74. The van der Waals surface area contributed by atoms with Crippen LogP contribution in [0.15, 0.2) is 24.5 Å². The molecule has 1 N–H and O–H groups in total. The molecule has 1 amide bonds. The Morgan fingerprint density at radius 3 is 3.00 bits per heavy atom. The van der Waals surface area contributed by atoms with Crippen LogP contribution < -0.4 is 5.32 Å². The van der Waals surface area contributed by atoms with Crippen LogP contribution in [0, 0.1) is 0 Å². The lowest BCUT2D eigenvalue weighted by Crippen LogP contribution is -2.32. The molecule has 0 aliphatic heterocycles. The molecule has 0 spiro atoms. The van der Waals surface area contributed by atoms with Crippen LogP contribution in [-0.4, -0.2) is 32.8 Å². The number of hydrogen-bond acceptors (Lipinski definition) is 4. The molecule has 0 saturated carbocycles. The van der Waals surface area contributed by atoms with Crippen molar-refractivity contribution >= 4 is 29.4 Å². The Balaban J connectivity index is 1.85. The van der Waals surface area contributed by atoms with Crippen LogP contribution in [0.2, 0.25) is 5.15 Å². The van der Waals surface area contributed by atoms with Gasteiger partial charge in [0.1, 0.15) is 10.8 Å². The minimum atomic E-state index is -0.484. The first-order valence-corrected chi connectivity index (χ1v) is 7.36. The highest BCUT2D eigenvalue weighted by Gasteiger charge is 2.15. The molecule has 0 atom stereocenters. The molecule has 0 aliphatic rings. The van der Waals surface area contributed by atoms with Crippen LogP contribution in [0.5, 0.6) is 0 Å². The highest BCUT2D eigenvalue weighted by Crippen LogP contribution is 2.13. The van der Waals surface area contributed by atoms with Crippen molar-refractivity contribution < 1.29 is 9.53 Å². The van der Waals surface area contributed by atoms with Crippen LogP contribution in [0.3, 0.4) is 0 Å². The van der Waals surface area contributed by atoms with E-state index in [1.54, 1.807) is 23.0 Å². The molecule has 0 bridgehead atoms. The fraction of sp³-hybridized carbons (Fsp3) is 0.400. The highest BCUT2D eigenvalue weighted by molar-refractivity contribution is 6.29. The Labute approximate surface area is 134 Å². The number of fused-ring (bicyclic) bond motifs is 1. The quantitative estimate of drug-likeness (QED) is 0.692. The number of carbonyl (C=O) groups excluding carboxylic acids is 1. The Bertz CT molecular complexity index is 688. The molecule has 2 heterocycles. The second-order valence-corrected chi connectivity index (χ2v) is 6.13. The molecule has 118 valence electrons. The van der Waals surface area contributed by atoms with E-state index >= 15 is 0 Å². The summed E-state index contributed by atoms with van der Waals surface area (Å²) < 4.78 is 6.81. The number of amides is 1. The summed E-state index contributed by atoms with van der Waals surface area (Å²) >= 11 is 5.88. The Morgan fingerprint density at radius 2 is 2.27 bits per heavy atom. The molecule has 2 rings (SSSR count). The van der Waals surface area contributed by atoms with Gasteiger partial charge in [0.15, 0.2) is 5.65 Å². The molecule has 2 aromatic heterocycles. The number of ether oxygens (including phenoxy) is 1. The first-order chi connectivity index (χ1) is 10.3. The van der Waals surface area contributed by atoms with Gasteiger partial charge in [-0.25, -0.2) is 14.3 Å². The topological polar surface area (TPSA) is 68.5 Å². The summed E-state index contributed by atoms with van der Waals surface area (Å²) in [4.78, 5) is 15.7. The summed E-state index contributed by atoms with van der Waals surface area (Å²) in [7, 11) is 0. The van der Waals surface area contributed by atoms with Gasteiger partial charge in [0.2, 0.25) is 0 Å². The van der Waals surface area contributed by atoms with Crippen molar-refractivity contribution in [2.45, 2.75) is 32.8 Å². The molecule has 0 aromatic carbocycles. The van der Waals surface area contributed by atoms with Gasteiger partial charge in [-0.3, -0.25) is 0 Å². The van der Waals surface area contributed by atoms with E-state index in [-0.39, 0.29) is 0 Å². The zero-order valence-corrected chi connectivity index (χ0v) is 13.6. The Morgan fingerprint density at radius 1 is 1.50 bits per heavy atom. The minimum absolute atomic E-state index is 0.412. The molecule has 22 heavy (non-hydrogen) atoms. The lowest BCUT2D eigenvalue weighted by Gasteiger charge is -2.19. The summed E-state index contributed by atoms with van der Waals surface area (Å²) in [5.74, 6) is 0. The number of alkyl carbamates (subject to hydrolysis) is 1. The molecular formula is C15H19ClN4O2. The average Bonchev–Trinajstić information content (AvgIpc) is 2.79. The third kappa shape index (κ3) is 4.73. The average molecular weight is 323 g/mol. The molecule has 0 aliphatic carbocycles. The molecule has 2 aromatic rings. The van der Waals surface area contributed by atoms with Gasteiger partial charge in [-0.2, -0.15) is 5.10 Å². The van der Waals surface area contributed by atoms with Crippen LogP contribution >= 0.6 is 11.6 Å². The number of rotatable bonds is 4. The molecule has 0 radical (unpaired) electrons. The molecule has 0 saturated heterocycles. The van der Waals surface area contributed by atoms with Crippen LogP contribution in [-0.2, 0) is 4.74 Å². The summed E-state index contributed by atoms with van der Waals surface area (Å²) in [5, 5.41) is 7.30. The minimum Gasteiger partial charge on any atom is -0.444 e. The second kappa shape index (κ2) is 6.79. The summed E-state index contributed by atoms with van der Waals surface area (Å²) in [5.41, 5.74) is 1.09. The predicted octanol–water partition coefficient (Wildman–Crippen LogP) is 3.31. The zero-order chi connectivity index (χ0) is 16.2. The maximum Gasteiger partial charge on any atom is 0.407 e. The lowest BCUT2D eigenvalue weighted by atomic mass is 10.2. The summed E-state index contributed by atoms with van der Waals surface area (Å²) in [6, 6.07) is 1.68. The first kappa shape index (κ1) is 16.3. The SMILES string of the molecule is CC(C)(C)OC(=O)NCCC=Cc1cnn2ccc(Cl)nc12. The number of hydrogen-bond donors (Lipinski definition) is 1. The maximum atomic E-state index is 11.5. The first-order valence-electron chi connectivity index (χ1n) is 6.98. The van der Waals surface area contributed by atoms with Gasteiger partial charge in [0.05, 0.1) is 6.20 Å². The van der Waals surface area contributed by atoms with Gasteiger partial charge in [-0.1, -0.05) is 23.8 Å². The largest absolute Gasteiger partial charge is 0.444 e. The van der Waals surface area contributed by atoms with E-state index in [0.29, 0.717) is 23.8 Å². The summed E-state index contributed by atoms with van der Waals surface area (Å²) in [6.07, 6.45) is 7.59. The van der Waals surface area contributed by atoms with Crippen LogP contribution in [0.4, 0.5) is 4.79 Å². The van der Waals surface area contributed by atoms with Gasteiger partial charge in [0, 0.05) is 18.3 Å². The number of halogens is 1. The number of carbonyl (C=O) groups is 1. The van der Waals surface area contributed by atoms with E-state index in [1.807, 2.05) is 32.9 Å². The van der Waals surface area contributed by atoms with Crippen molar-refractivity contribution in [1.29, 1.82) is 0 Å². The molecule has 0 fully saturated rings. The van der Waals surface area contributed by atoms with Crippen molar-refractivity contribution in [3.05, 3.63) is 35.3 Å². The van der Waals surface area contributed by atoms with E-state index in [9.17, 15) is 4.79 Å². The fourth-order valence-electron chi connectivity index (χ4n) is 1.76. The molecule has 0 unspecified atom stereocenters. The molecule has 7 heteroatoms. The van der Waals surface area contributed by atoms with Crippen LogP contribution in [0.25, 0.3) is 11.7 Å².